The Hall–Kier alpha value is -0.0900. The Labute approximate surface area is 123 Å². The van der Waals surface area contributed by atoms with Crippen molar-refractivity contribution in [2.75, 3.05) is 19.1 Å². The van der Waals surface area contributed by atoms with Crippen LogP contribution in [-0.4, -0.2) is 33.5 Å². The van der Waals surface area contributed by atoms with Crippen LogP contribution in [0.1, 0.15) is 51.4 Å². The van der Waals surface area contributed by atoms with Gasteiger partial charge in [-0.3, -0.25) is 0 Å². The summed E-state index contributed by atoms with van der Waals surface area (Å²) in [5.41, 5.74) is 0.487. The molecule has 1 unspecified atom stereocenters. The van der Waals surface area contributed by atoms with Crippen molar-refractivity contribution in [3.05, 3.63) is 0 Å². The molecule has 3 nitrogen and oxygen atoms in total. The monoisotopic (exact) mass is 299 g/mol. The van der Waals surface area contributed by atoms with E-state index in [1.165, 1.54) is 44.8 Å². The number of rotatable bonds is 6. The van der Waals surface area contributed by atoms with Crippen molar-refractivity contribution < 1.29 is 8.42 Å². The van der Waals surface area contributed by atoms with Gasteiger partial charge in [0.1, 0.15) is 9.84 Å². The maximum absolute atomic E-state index is 11.3. The van der Waals surface area contributed by atoms with Crippen molar-refractivity contribution in [1.82, 2.24) is 5.32 Å². The fourth-order valence-corrected chi connectivity index (χ4v) is 6.60. The van der Waals surface area contributed by atoms with Gasteiger partial charge >= 0.3 is 0 Å². The van der Waals surface area contributed by atoms with Crippen molar-refractivity contribution in [2.24, 2.45) is 23.2 Å². The summed E-state index contributed by atoms with van der Waals surface area (Å²) in [5.74, 6) is 3.24. The average molecular weight is 299 g/mol. The van der Waals surface area contributed by atoms with Gasteiger partial charge in [-0.2, -0.15) is 0 Å². The van der Waals surface area contributed by atoms with Gasteiger partial charge in [0.2, 0.25) is 0 Å². The molecule has 4 heteroatoms. The minimum Gasteiger partial charge on any atom is -0.316 e. The molecule has 4 fully saturated rings. The number of hydrogen-bond acceptors (Lipinski definition) is 3. The molecule has 1 N–H and O–H groups in total. The van der Waals surface area contributed by atoms with E-state index in [1.54, 1.807) is 0 Å². The van der Waals surface area contributed by atoms with Gasteiger partial charge in [-0.25, -0.2) is 8.42 Å². The summed E-state index contributed by atoms with van der Waals surface area (Å²) >= 11 is 0. The maximum atomic E-state index is 11.3. The molecule has 0 spiro atoms. The third-order valence-corrected chi connectivity index (χ3v) is 7.21. The van der Waals surface area contributed by atoms with E-state index in [4.69, 9.17) is 0 Å². The van der Waals surface area contributed by atoms with Crippen LogP contribution in [0.2, 0.25) is 0 Å². The first-order valence-electron chi connectivity index (χ1n) is 8.25. The van der Waals surface area contributed by atoms with Gasteiger partial charge in [0.25, 0.3) is 0 Å². The average Bonchev–Trinajstić information content (AvgIpc) is 2.31. The predicted octanol–water partition coefficient (Wildman–Crippen LogP) is 2.62. The zero-order valence-corrected chi connectivity index (χ0v) is 13.7. The Balaban J connectivity index is 1.66. The van der Waals surface area contributed by atoms with Crippen LogP contribution in [0.4, 0.5) is 0 Å². The van der Waals surface area contributed by atoms with E-state index in [9.17, 15) is 8.42 Å². The summed E-state index contributed by atoms with van der Waals surface area (Å²) in [7, 11) is -0.739. The van der Waals surface area contributed by atoms with Crippen LogP contribution in [0, 0.1) is 23.2 Å². The predicted molar refractivity (Wildman–Crippen MR) is 82.4 cm³/mol. The Kier molecular flexibility index (Phi) is 3.91. The molecule has 4 bridgehead atoms. The number of sulfone groups is 1. The summed E-state index contributed by atoms with van der Waals surface area (Å²) in [6.45, 7) is 0. The van der Waals surface area contributed by atoms with Gasteiger partial charge in [0.05, 0.1) is 0 Å². The van der Waals surface area contributed by atoms with E-state index >= 15 is 0 Å². The number of hydrogen-bond donors (Lipinski definition) is 1. The highest BCUT2D eigenvalue weighted by Gasteiger charge is 2.53. The van der Waals surface area contributed by atoms with Crippen LogP contribution < -0.4 is 5.32 Å². The van der Waals surface area contributed by atoms with Crippen LogP contribution in [0.5, 0.6) is 0 Å². The van der Waals surface area contributed by atoms with Gasteiger partial charge in [0.15, 0.2) is 0 Å². The summed E-state index contributed by atoms with van der Waals surface area (Å²) in [6, 6.07) is 0.526. The fourth-order valence-electron chi connectivity index (χ4n) is 5.91. The molecule has 4 saturated carbocycles. The molecular weight excluding hydrogens is 270 g/mol. The highest BCUT2D eigenvalue weighted by molar-refractivity contribution is 7.90. The molecule has 4 rings (SSSR count). The SMILES string of the molecule is CNC(CCCS(C)(=O)=O)C12CC3CC(CC(C3)C1)C2. The van der Waals surface area contributed by atoms with E-state index in [0.717, 1.165) is 30.6 Å². The maximum Gasteiger partial charge on any atom is 0.147 e. The van der Waals surface area contributed by atoms with E-state index in [2.05, 4.69) is 12.4 Å². The molecule has 1 atom stereocenters. The van der Waals surface area contributed by atoms with Crippen LogP contribution >= 0.6 is 0 Å². The summed E-state index contributed by atoms with van der Waals surface area (Å²) < 4.78 is 22.7. The zero-order chi connectivity index (χ0) is 14.4. The van der Waals surface area contributed by atoms with E-state index in [1.807, 2.05) is 0 Å². The molecule has 0 heterocycles. The van der Waals surface area contributed by atoms with Crippen molar-refractivity contribution in [1.29, 1.82) is 0 Å². The minimum absolute atomic E-state index is 0.345. The summed E-state index contributed by atoms with van der Waals surface area (Å²) in [5, 5.41) is 3.55. The molecule has 0 aromatic carbocycles. The summed E-state index contributed by atoms with van der Waals surface area (Å²) in [6.07, 6.45) is 11.8. The normalized spacial score (nSPS) is 41.0. The minimum atomic E-state index is -2.81. The Morgan fingerprint density at radius 1 is 1.10 bits per heavy atom. The molecule has 0 saturated heterocycles. The first-order valence-corrected chi connectivity index (χ1v) is 10.3. The highest BCUT2D eigenvalue weighted by Crippen LogP contribution is 2.61. The second-order valence-corrected chi connectivity index (χ2v) is 10.2. The Morgan fingerprint density at radius 3 is 2.00 bits per heavy atom. The molecule has 0 aromatic heterocycles. The van der Waals surface area contributed by atoms with Gasteiger partial charge in [-0.05, 0) is 81.6 Å². The molecule has 20 heavy (non-hydrogen) atoms. The van der Waals surface area contributed by atoms with Gasteiger partial charge in [-0.15, -0.1) is 0 Å². The second-order valence-electron chi connectivity index (χ2n) is 7.89. The van der Waals surface area contributed by atoms with Crippen molar-refractivity contribution in [2.45, 2.75) is 57.4 Å². The van der Waals surface area contributed by atoms with Crippen LogP contribution in [0.3, 0.4) is 0 Å². The molecule has 0 aliphatic heterocycles. The third kappa shape index (κ3) is 2.92. The van der Waals surface area contributed by atoms with Gasteiger partial charge in [0, 0.05) is 18.1 Å². The quantitative estimate of drug-likeness (QED) is 0.820. The molecule has 0 aromatic rings. The first-order chi connectivity index (χ1) is 9.40. The standard InChI is InChI=1S/C16H29NO2S/c1-17-15(4-3-5-20(2,18)19)16-9-12-6-13(10-16)8-14(7-12)11-16/h12-15,17H,3-11H2,1-2H3. The highest BCUT2D eigenvalue weighted by atomic mass is 32.2. The van der Waals surface area contributed by atoms with Crippen molar-refractivity contribution in [3.8, 4) is 0 Å². The largest absolute Gasteiger partial charge is 0.316 e. The lowest BCUT2D eigenvalue weighted by Gasteiger charge is -2.59. The van der Waals surface area contributed by atoms with Crippen LogP contribution in [-0.2, 0) is 9.84 Å². The van der Waals surface area contributed by atoms with Crippen molar-refractivity contribution >= 4 is 9.84 Å². The third-order valence-electron chi connectivity index (χ3n) is 6.18. The topological polar surface area (TPSA) is 46.2 Å². The first kappa shape index (κ1) is 14.8. The van der Waals surface area contributed by atoms with Crippen molar-refractivity contribution in [3.63, 3.8) is 0 Å². The number of nitrogens with one attached hydrogen (secondary N) is 1. The van der Waals surface area contributed by atoms with Gasteiger partial charge in [-0.1, -0.05) is 0 Å². The Morgan fingerprint density at radius 2 is 1.60 bits per heavy atom. The van der Waals surface area contributed by atoms with E-state index < -0.39 is 9.84 Å². The van der Waals surface area contributed by atoms with Gasteiger partial charge < -0.3 is 5.32 Å². The van der Waals surface area contributed by atoms with Crippen LogP contribution in [0.25, 0.3) is 0 Å². The summed E-state index contributed by atoms with van der Waals surface area (Å²) in [4.78, 5) is 0. The Bertz CT molecular complexity index is 422. The molecule has 116 valence electrons. The molecule has 4 aliphatic rings. The lowest BCUT2D eigenvalue weighted by Crippen LogP contribution is -2.55. The second kappa shape index (κ2) is 5.28. The molecule has 4 aliphatic carbocycles. The lowest BCUT2D eigenvalue weighted by molar-refractivity contribution is -0.0740. The fraction of sp³-hybridized carbons (Fsp3) is 1.00. The lowest BCUT2D eigenvalue weighted by atomic mass is 9.47. The zero-order valence-electron chi connectivity index (χ0n) is 12.9. The molecule has 0 amide bonds. The van der Waals surface area contributed by atoms with Crippen LogP contribution in [0.15, 0.2) is 0 Å². The molecular formula is C16H29NO2S. The molecule has 0 radical (unpaired) electrons. The smallest absolute Gasteiger partial charge is 0.147 e. The van der Waals surface area contributed by atoms with E-state index in [0.29, 0.717) is 17.2 Å². The van der Waals surface area contributed by atoms with E-state index in [-0.39, 0.29) is 0 Å².